The summed E-state index contributed by atoms with van der Waals surface area (Å²) >= 11 is 0. The molecule has 2 fully saturated rings. The Morgan fingerprint density at radius 2 is 1.79 bits per heavy atom. The summed E-state index contributed by atoms with van der Waals surface area (Å²) in [5, 5.41) is 3.14. The first-order valence-electron chi connectivity index (χ1n) is 10.7. The first-order chi connectivity index (χ1) is 13.5. The summed E-state index contributed by atoms with van der Waals surface area (Å²) < 4.78 is 14.0. The molecule has 154 valence electrons. The van der Waals surface area contributed by atoms with Crippen LogP contribution in [0.15, 0.2) is 35.9 Å². The van der Waals surface area contributed by atoms with Gasteiger partial charge in [-0.05, 0) is 70.5 Å². The van der Waals surface area contributed by atoms with Crippen LogP contribution in [0.25, 0.3) is 0 Å². The van der Waals surface area contributed by atoms with E-state index in [1.165, 1.54) is 19.3 Å². The van der Waals surface area contributed by atoms with Gasteiger partial charge in [-0.15, -0.1) is 0 Å². The number of carbonyl (C=O) groups excluding carboxylic acids is 1. The molecule has 0 aromatic heterocycles. The minimum absolute atomic E-state index is 0.0520. The molecule has 5 heteroatoms. The van der Waals surface area contributed by atoms with E-state index >= 15 is 0 Å². The lowest BCUT2D eigenvalue weighted by Crippen LogP contribution is -2.47. The zero-order valence-electron chi connectivity index (χ0n) is 17.3. The number of amides is 1. The second-order valence-corrected chi connectivity index (χ2v) is 8.52. The average molecular weight is 388 g/mol. The van der Waals surface area contributed by atoms with Gasteiger partial charge in [0.05, 0.1) is 5.69 Å². The fourth-order valence-corrected chi connectivity index (χ4v) is 4.39. The van der Waals surface area contributed by atoms with Gasteiger partial charge in [-0.3, -0.25) is 9.69 Å². The zero-order valence-corrected chi connectivity index (χ0v) is 17.3. The topological polar surface area (TPSA) is 35.6 Å². The molecule has 2 aliphatic rings. The number of anilines is 1. The SMILES string of the molecule is CC(C)=CC(=O)NC1CCC(CCN2CCN(c3ccccc3F)CC2)CC1. The maximum absolute atomic E-state index is 14.0. The van der Waals surface area contributed by atoms with E-state index < -0.39 is 0 Å². The van der Waals surface area contributed by atoms with Crippen LogP contribution in [-0.4, -0.2) is 49.6 Å². The van der Waals surface area contributed by atoms with Crippen LogP contribution in [0.2, 0.25) is 0 Å². The molecule has 3 rings (SSSR count). The van der Waals surface area contributed by atoms with E-state index in [0.29, 0.717) is 6.04 Å². The molecule has 0 atom stereocenters. The van der Waals surface area contributed by atoms with Gasteiger partial charge in [0.25, 0.3) is 0 Å². The number of halogens is 1. The molecule has 0 spiro atoms. The summed E-state index contributed by atoms with van der Waals surface area (Å²) in [5.74, 6) is 0.696. The van der Waals surface area contributed by atoms with Crippen molar-refractivity contribution in [2.24, 2.45) is 5.92 Å². The summed E-state index contributed by atoms with van der Waals surface area (Å²) in [5.41, 5.74) is 1.77. The molecule has 1 saturated heterocycles. The largest absolute Gasteiger partial charge is 0.367 e. The highest BCUT2D eigenvalue weighted by Crippen LogP contribution is 2.27. The van der Waals surface area contributed by atoms with Crippen molar-refractivity contribution in [2.75, 3.05) is 37.6 Å². The van der Waals surface area contributed by atoms with Crippen LogP contribution < -0.4 is 10.2 Å². The number of hydrogen-bond donors (Lipinski definition) is 1. The minimum atomic E-state index is -0.121. The first kappa shape index (κ1) is 20.8. The third-order valence-electron chi connectivity index (χ3n) is 6.03. The molecular formula is C23H34FN3O. The van der Waals surface area contributed by atoms with Crippen molar-refractivity contribution in [2.45, 2.75) is 52.0 Å². The number of nitrogens with zero attached hydrogens (tertiary/aromatic N) is 2. The van der Waals surface area contributed by atoms with Gasteiger partial charge < -0.3 is 10.2 Å². The maximum Gasteiger partial charge on any atom is 0.244 e. The lowest BCUT2D eigenvalue weighted by Gasteiger charge is -2.37. The second-order valence-electron chi connectivity index (χ2n) is 8.52. The number of allylic oxidation sites excluding steroid dienone is 1. The standard InChI is InChI=1S/C23H34FN3O/c1-18(2)17-23(28)25-20-9-7-19(8-10-20)11-12-26-13-15-27(16-14-26)22-6-4-3-5-21(22)24/h3-6,17,19-20H,7-16H2,1-2H3,(H,25,28). The van der Waals surface area contributed by atoms with Gasteiger partial charge in [0.2, 0.25) is 5.91 Å². The number of hydrogen-bond acceptors (Lipinski definition) is 3. The fourth-order valence-electron chi connectivity index (χ4n) is 4.39. The minimum Gasteiger partial charge on any atom is -0.367 e. The lowest BCUT2D eigenvalue weighted by atomic mass is 9.84. The Kier molecular flexibility index (Phi) is 7.49. The van der Waals surface area contributed by atoms with Crippen molar-refractivity contribution in [1.82, 2.24) is 10.2 Å². The summed E-state index contributed by atoms with van der Waals surface area (Å²) in [6, 6.07) is 7.41. The Morgan fingerprint density at radius 1 is 1.11 bits per heavy atom. The van der Waals surface area contributed by atoms with Crippen molar-refractivity contribution >= 4 is 11.6 Å². The monoisotopic (exact) mass is 387 g/mol. The van der Waals surface area contributed by atoms with Crippen LogP contribution >= 0.6 is 0 Å². The number of nitrogens with one attached hydrogen (secondary N) is 1. The second kappa shape index (κ2) is 10.1. The van der Waals surface area contributed by atoms with E-state index in [0.717, 1.165) is 62.7 Å². The van der Waals surface area contributed by atoms with Gasteiger partial charge in [0.1, 0.15) is 5.82 Å². The summed E-state index contributed by atoms with van der Waals surface area (Å²) in [6.45, 7) is 8.82. The number of benzene rings is 1. The smallest absolute Gasteiger partial charge is 0.244 e. The Balaban J connectivity index is 1.34. The van der Waals surface area contributed by atoms with E-state index in [2.05, 4.69) is 15.1 Å². The number of rotatable bonds is 6. The fraction of sp³-hybridized carbons (Fsp3) is 0.609. The predicted octanol–water partition coefficient (Wildman–Crippen LogP) is 3.98. The Labute approximate surface area is 168 Å². The molecule has 28 heavy (non-hydrogen) atoms. The Hall–Kier alpha value is -1.88. The van der Waals surface area contributed by atoms with Crippen molar-refractivity contribution < 1.29 is 9.18 Å². The third kappa shape index (κ3) is 6.06. The first-order valence-corrected chi connectivity index (χ1v) is 10.7. The molecule has 0 bridgehead atoms. The molecule has 1 saturated carbocycles. The van der Waals surface area contributed by atoms with Gasteiger partial charge in [-0.25, -0.2) is 4.39 Å². The van der Waals surface area contributed by atoms with Gasteiger partial charge in [0, 0.05) is 38.3 Å². The van der Waals surface area contributed by atoms with Crippen LogP contribution in [0.5, 0.6) is 0 Å². The molecular weight excluding hydrogens is 353 g/mol. The molecule has 1 aromatic carbocycles. The summed E-state index contributed by atoms with van der Waals surface area (Å²) in [7, 11) is 0. The molecule has 1 heterocycles. The van der Waals surface area contributed by atoms with Crippen molar-refractivity contribution in [3.05, 3.63) is 41.7 Å². The van der Waals surface area contributed by atoms with E-state index in [4.69, 9.17) is 0 Å². The molecule has 1 aromatic rings. The molecule has 1 N–H and O–H groups in total. The van der Waals surface area contributed by atoms with Gasteiger partial charge in [0.15, 0.2) is 0 Å². The summed E-state index contributed by atoms with van der Waals surface area (Å²) in [4.78, 5) is 16.5. The van der Waals surface area contributed by atoms with Gasteiger partial charge in [-0.1, -0.05) is 17.7 Å². The number of carbonyl (C=O) groups is 1. The van der Waals surface area contributed by atoms with Crippen LogP contribution in [0.4, 0.5) is 10.1 Å². The number of piperazine rings is 1. The van der Waals surface area contributed by atoms with Crippen LogP contribution in [0.1, 0.15) is 46.0 Å². The molecule has 4 nitrogen and oxygen atoms in total. The molecule has 0 radical (unpaired) electrons. The highest BCUT2D eigenvalue weighted by Gasteiger charge is 2.24. The Bertz CT molecular complexity index is 670. The van der Waals surface area contributed by atoms with E-state index in [9.17, 15) is 9.18 Å². The van der Waals surface area contributed by atoms with E-state index in [1.807, 2.05) is 26.0 Å². The normalized spacial score (nSPS) is 23.3. The molecule has 1 aliphatic carbocycles. The van der Waals surface area contributed by atoms with Crippen molar-refractivity contribution in [3.63, 3.8) is 0 Å². The molecule has 0 unspecified atom stereocenters. The van der Waals surface area contributed by atoms with Gasteiger partial charge >= 0.3 is 0 Å². The predicted molar refractivity (Wildman–Crippen MR) is 113 cm³/mol. The highest BCUT2D eigenvalue weighted by atomic mass is 19.1. The maximum atomic E-state index is 14.0. The number of para-hydroxylation sites is 1. The van der Waals surface area contributed by atoms with Crippen LogP contribution in [0, 0.1) is 11.7 Å². The third-order valence-corrected chi connectivity index (χ3v) is 6.03. The Morgan fingerprint density at radius 3 is 2.43 bits per heavy atom. The lowest BCUT2D eigenvalue weighted by molar-refractivity contribution is -0.117. The average Bonchev–Trinajstić information content (AvgIpc) is 2.68. The van der Waals surface area contributed by atoms with Crippen molar-refractivity contribution in [1.29, 1.82) is 0 Å². The zero-order chi connectivity index (χ0) is 19.9. The van der Waals surface area contributed by atoms with Crippen LogP contribution in [-0.2, 0) is 4.79 Å². The van der Waals surface area contributed by atoms with Crippen molar-refractivity contribution in [3.8, 4) is 0 Å². The quantitative estimate of drug-likeness (QED) is 0.750. The van der Waals surface area contributed by atoms with Gasteiger partial charge in [-0.2, -0.15) is 0 Å². The highest BCUT2D eigenvalue weighted by molar-refractivity contribution is 5.88. The molecule has 1 amide bonds. The molecule has 1 aliphatic heterocycles. The van der Waals surface area contributed by atoms with E-state index in [1.54, 1.807) is 18.2 Å². The van der Waals surface area contributed by atoms with E-state index in [-0.39, 0.29) is 11.7 Å². The summed E-state index contributed by atoms with van der Waals surface area (Å²) in [6.07, 6.45) is 7.51. The van der Waals surface area contributed by atoms with Crippen LogP contribution in [0.3, 0.4) is 0 Å².